The number of rotatable bonds is 2. The van der Waals surface area contributed by atoms with Gasteiger partial charge in [-0.1, -0.05) is 12.1 Å². The fraction of sp³-hybridized carbons (Fsp3) is 0. The van der Waals surface area contributed by atoms with Gasteiger partial charge in [0.25, 0.3) is 0 Å². The molecule has 2 aromatic rings. The normalized spacial score (nSPS) is 11.8. The van der Waals surface area contributed by atoms with Crippen LogP contribution in [0.25, 0.3) is 11.3 Å². The summed E-state index contributed by atoms with van der Waals surface area (Å²) in [7, 11) is 0. The molecule has 15 heavy (non-hydrogen) atoms. The number of aromatic nitrogens is 1. The molecule has 1 aromatic carbocycles. The first-order chi connectivity index (χ1) is 6.77. The molecule has 0 N–H and O–H groups in total. The van der Waals surface area contributed by atoms with Gasteiger partial charge in [0.2, 0.25) is 0 Å². The standard InChI is InChI=1S/C9H7NO3S.Na/c11-14(12)8-3-1-7(2-4-8)9-5-10-6-13-9;/h1-6H,(H,11,12);/q;+1/p-1. The molecule has 1 unspecified atom stereocenters. The van der Waals surface area contributed by atoms with Gasteiger partial charge in [0.05, 0.1) is 6.20 Å². The van der Waals surface area contributed by atoms with Crippen LogP contribution in [0.15, 0.2) is 46.2 Å². The average Bonchev–Trinajstić information content (AvgIpc) is 2.71. The summed E-state index contributed by atoms with van der Waals surface area (Å²) in [6.07, 6.45) is 2.90. The van der Waals surface area contributed by atoms with Crippen LogP contribution in [0.2, 0.25) is 0 Å². The van der Waals surface area contributed by atoms with Crippen molar-refractivity contribution < 1.29 is 42.7 Å². The Kier molecular flexibility index (Phi) is 4.69. The van der Waals surface area contributed by atoms with Gasteiger partial charge in [-0.25, -0.2) is 4.98 Å². The van der Waals surface area contributed by atoms with Crippen LogP contribution in [0.1, 0.15) is 0 Å². The molecule has 0 spiro atoms. The Balaban J connectivity index is 0.00000112. The van der Waals surface area contributed by atoms with Crippen molar-refractivity contribution in [2.24, 2.45) is 0 Å². The van der Waals surface area contributed by atoms with E-state index in [9.17, 15) is 8.76 Å². The van der Waals surface area contributed by atoms with Crippen LogP contribution >= 0.6 is 0 Å². The molecule has 0 aliphatic carbocycles. The average molecular weight is 231 g/mol. The van der Waals surface area contributed by atoms with Crippen LogP contribution in [0.5, 0.6) is 0 Å². The Morgan fingerprint density at radius 2 is 1.93 bits per heavy atom. The van der Waals surface area contributed by atoms with Gasteiger partial charge in [-0.05, 0) is 23.2 Å². The third-order valence-electron chi connectivity index (χ3n) is 1.76. The number of hydrogen-bond acceptors (Lipinski definition) is 4. The molecule has 0 saturated carbocycles. The SMILES string of the molecule is O=S([O-])c1ccc(-c2cnco2)cc1.[Na+]. The fourth-order valence-corrected chi connectivity index (χ4v) is 1.45. The van der Waals surface area contributed by atoms with Crippen molar-refractivity contribution in [1.29, 1.82) is 0 Å². The molecular formula is C9H6NNaO3S. The van der Waals surface area contributed by atoms with Crippen LogP contribution in [0.4, 0.5) is 0 Å². The van der Waals surface area contributed by atoms with Gasteiger partial charge in [0.15, 0.2) is 12.2 Å². The van der Waals surface area contributed by atoms with Crippen molar-refractivity contribution >= 4 is 11.1 Å². The summed E-state index contributed by atoms with van der Waals surface area (Å²) in [6.45, 7) is 0. The first kappa shape index (κ1) is 12.6. The number of oxazole rings is 1. The van der Waals surface area contributed by atoms with E-state index < -0.39 is 11.1 Å². The van der Waals surface area contributed by atoms with Crippen molar-refractivity contribution in [1.82, 2.24) is 4.98 Å². The monoisotopic (exact) mass is 231 g/mol. The molecule has 6 heteroatoms. The number of nitrogens with zero attached hydrogens (tertiary/aromatic N) is 1. The molecule has 4 nitrogen and oxygen atoms in total. The molecule has 2 rings (SSSR count). The summed E-state index contributed by atoms with van der Waals surface area (Å²) in [5.41, 5.74) is 0.803. The molecule has 0 radical (unpaired) electrons. The van der Waals surface area contributed by atoms with E-state index in [1.54, 1.807) is 18.3 Å². The minimum absolute atomic E-state index is 0. The Hall–Kier alpha value is -0.460. The smallest absolute Gasteiger partial charge is 0.768 e. The largest absolute Gasteiger partial charge is 1.00 e. The van der Waals surface area contributed by atoms with E-state index in [2.05, 4.69) is 4.98 Å². The first-order valence-corrected chi connectivity index (χ1v) is 4.93. The van der Waals surface area contributed by atoms with Crippen LogP contribution in [0.3, 0.4) is 0 Å². The second-order valence-corrected chi connectivity index (χ2v) is 3.57. The van der Waals surface area contributed by atoms with Crippen LogP contribution in [0, 0.1) is 0 Å². The summed E-state index contributed by atoms with van der Waals surface area (Å²) < 4.78 is 26.2. The Labute approximate surface area is 111 Å². The number of benzene rings is 1. The summed E-state index contributed by atoms with van der Waals surface area (Å²) in [5.74, 6) is 0.619. The zero-order valence-corrected chi connectivity index (χ0v) is 10.9. The molecular weight excluding hydrogens is 225 g/mol. The molecule has 0 amide bonds. The second-order valence-electron chi connectivity index (χ2n) is 2.62. The van der Waals surface area contributed by atoms with Gasteiger partial charge in [0, 0.05) is 10.5 Å². The quantitative estimate of drug-likeness (QED) is 0.470. The fourth-order valence-electron chi connectivity index (χ4n) is 1.09. The van der Waals surface area contributed by atoms with E-state index in [4.69, 9.17) is 4.42 Å². The maximum Gasteiger partial charge on any atom is 1.00 e. The van der Waals surface area contributed by atoms with E-state index in [1.165, 1.54) is 18.5 Å². The summed E-state index contributed by atoms with van der Waals surface area (Å²) in [6, 6.07) is 6.37. The van der Waals surface area contributed by atoms with Gasteiger partial charge < -0.3 is 8.97 Å². The molecule has 1 atom stereocenters. The van der Waals surface area contributed by atoms with Crippen molar-refractivity contribution in [3.05, 3.63) is 36.9 Å². The summed E-state index contributed by atoms with van der Waals surface area (Å²) in [4.78, 5) is 4.03. The van der Waals surface area contributed by atoms with Crippen molar-refractivity contribution in [2.75, 3.05) is 0 Å². The first-order valence-electron chi connectivity index (χ1n) is 3.85. The molecule has 0 fully saturated rings. The van der Waals surface area contributed by atoms with E-state index in [1.807, 2.05) is 0 Å². The third kappa shape index (κ3) is 2.99. The maximum atomic E-state index is 10.6. The molecule has 72 valence electrons. The van der Waals surface area contributed by atoms with Crippen molar-refractivity contribution in [2.45, 2.75) is 4.90 Å². The van der Waals surface area contributed by atoms with E-state index in [-0.39, 0.29) is 34.5 Å². The van der Waals surface area contributed by atoms with Gasteiger partial charge >= 0.3 is 29.6 Å². The van der Waals surface area contributed by atoms with Gasteiger partial charge in [-0.15, -0.1) is 0 Å². The number of hydrogen-bond donors (Lipinski definition) is 0. The Bertz CT molecular complexity index is 441. The molecule has 1 aromatic heterocycles. The zero-order chi connectivity index (χ0) is 9.97. The van der Waals surface area contributed by atoms with E-state index >= 15 is 0 Å². The third-order valence-corrected chi connectivity index (χ3v) is 2.42. The molecule has 1 heterocycles. The van der Waals surface area contributed by atoms with E-state index in [0.717, 1.165) is 5.56 Å². The van der Waals surface area contributed by atoms with Gasteiger partial charge in [0.1, 0.15) is 0 Å². The summed E-state index contributed by atoms with van der Waals surface area (Å²) in [5, 5.41) is 0. The molecule has 0 bridgehead atoms. The van der Waals surface area contributed by atoms with Crippen molar-refractivity contribution in [3.8, 4) is 11.3 Å². The van der Waals surface area contributed by atoms with Crippen LogP contribution in [-0.2, 0) is 11.1 Å². The van der Waals surface area contributed by atoms with E-state index in [0.29, 0.717) is 5.76 Å². The zero-order valence-electron chi connectivity index (χ0n) is 8.04. The minimum atomic E-state index is -2.18. The van der Waals surface area contributed by atoms with Crippen LogP contribution in [-0.4, -0.2) is 13.7 Å². The maximum absolute atomic E-state index is 10.6. The predicted octanol–water partition coefficient (Wildman–Crippen LogP) is -1.42. The molecule has 0 saturated heterocycles. The second kappa shape index (κ2) is 5.58. The van der Waals surface area contributed by atoms with Gasteiger partial charge in [-0.2, -0.15) is 0 Å². The summed E-state index contributed by atoms with van der Waals surface area (Å²) >= 11 is -2.18. The molecule has 0 aliphatic rings. The van der Waals surface area contributed by atoms with Gasteiger partial charge in [-0.3, -0.25) is 4.21 Å². The Morgan fingerprint density at radius 1 is 1.27 bits per heavy atom. The molecule has 0 aliphatic heterocycles. The van der Waals surface area contributed by atoms with Crippen molar-refractivity contribution in [3.63, 3.8) is 0 Å². The Morgan fingerprint density at radius 3 is 2.40 bits per heavy atom. The van der Waals surface area contributed by atoms with Crippen LogP contribution < -0.4 is 29.6 Å². The predicted molar refractivity (Wildman–Crippen MR) is 49.1 cm³/mol. The topological polar surface area (TPSA) is 66.2 Å². The minimum Gasteiger partial charge on any atom is -0.768 e.